The van der Waals surface area contributed by atoms with Crippen molar-refractivity contribution < 1.29 is 9.47 Å². The standard InChI is InChI=1S/C10H16O2/c1-4-7-12-10(2,3)9-6-5-8-11-9/h4,6H,1,5,7-8H2,2-3H3. The van der Waals surface area contributed by atoms with E-state index in [4.69, 9.17) is 9.47 Å². The fraction of sp³-hybridized carbons (Fsp3) is 0.600. The lowest BCUT2D eigenvalue weighted by Gasteiger charge is -2.25. The Bertz CT molecular complexity index is 192. The van der Waals surface area contributed by atoms with E-state index in [2.05, 4.69) is 12.7 Å². The highest BCUT2D eigenvalue weighted by atomic mass is 16.5. The molecule has 2 nitrogen and oxygen atoms in total. The van der Waals surface area contributed by atoms with E-state index < -0.39 is 0 Å². The molecule has 1 aliphatic rings. The minimum Gasteiger partial charge on any atom is -0.495 e. The first kappa shape index (κ1) is 9.33. The maximum absolute atomic E-state index is 5.55. The van der Waals surface area contributed by atoms with Gasteiger partial charge >= 0.3 is 0 Å². The topological polar surface area (TPSA) is 18.5 Å². The smallest absolute Gasteiger partial charge is 0.123 e. The first-order chi connectivity index (χ1) is 5.67. The van der Waals surface area contributed by atoms with E-state index in [0.29, 0.717) is 6.61 Å². The maximum atomic E-state index is 5.55. The summed E-state index contributed by atoms with van der Waals surface area (Å²) in [5, 5.41) is 0. The molecule has 0 bridgehead atoms. The Morgan fingerprint density at radius 2 is 2.50 bits per heavy atom. The molecule has 0 aromatic heterocycles. The lowest BCUT2D eigenvalue weighted by atomic mass is 10.1. The SMILES string of the molecule is C=CCOC(C)(C)C1=CCCO1. The second-order valence-electron chi connectivity index (χ2n) is 3.32. The molecule has 0 radical (unpaired) electrons. The van der Waals surface area contributed by atoms with Crippen LogP contribution in [0, 0.1) is 0 Å². The molecule has 1 aliphatic heterocycles. The average molecular weight is 168 g/mol. The molecule has 0 unspecified atom stereocenters. The lowest BCUT2D eigenvalue weighted by molar-refractivity contribution is -0.0119. The number of ether oxygens (including phenoxy) is 2. The first-order valence-electron chi connectivity index (χ1n) is 4.25. The highest BCUT2D eigenvalue weighted by Crippen LogP contribution is 2.25. The van der Waals surface area contributed by atoms with Crippen LogP contribution in [0.5, 0.6) is 0 Å². The van der Waals surface area contributed by atoms with Crippen LogP contribution in [-0.2, 0) is 9.47 Å². The van der Waals surface area contributed by atoms with Gasteiger partial charge in [-0.25, -0.2) is 0 Å². The second kappa shape index (κ2) is 3.76. The summed E-state index contributed by atoms with van der Waals surface area (Å²) < 4.78 is 11.0. The van der Waals surface area contributed by atoms with Crippen molar-refractivity contribution in [2.24, 2.45) is 0 Å². The Labute approximate surface area is 73.9 Å². The fourth-order valence-corrected chi connectivity index (χ4v) is 1.18. The second-order valence-corrected chi connectivity index (χ2v) is 3.32. The van der Waals surface area contributed by atoms with Gasteiger partial charge in [0.1, 0.15) is 11.4 Å². The van der Waals surface area contributed by atoms with Crippen LogP contribution in [0.2, 0.25) is 0 Å². The van der Waals surface area contributed by atoms with Crippen LogP contribution >= 0.6 is 0 Å². The van der Waals surface area contributed by atoms with Crippen molar-refractivity contribution in [3.05, 3.63) is 24.5 Å². The van der Waals surface area contributed by atoms with E-state index in [1.165, 1.54) is 0 Å². The van der Waals surface area contributed by atoms with Crippen LogP contribution in [-0.4, -0.2) is 18.8 Å². The van der Waals surface area contributed by atoms with Crippen molar-refractivity contribution >= 4 is 0 Å². The van der Waals surface area contributed by atoms with E-state index in [1.54, 1.807) is 6.08 Å². The Morgan fingerprint density at radius 3 is 3.00 bits per heavy atom. The van der Waals surface area contributed by atoms with Gasteiger partial charge in [0.2, 0.25) is 0 Å². The number of rotatable bonds is 4. The van der Waals surface area contributed by atoms with Crippen molar-refractivity contribution in [3.63, 3.8) is 0 Å². The van der Waals surface area contributed by atoms with Crippen LogP contribution in [0.25, 0.3) is 0 Å². The number of hydrogen-bond acceptors (Lipinski definition) is 2. The van der Waals surface area contributed by atoms with E-state index in [0.717, 1.165) is 18.8 Å². The Hall–Kier alpha value is -0.760. The molecule has 0 aliphatic carbocycles. The zero-order valence-corrected chi connectivity index (χ0v) is 7.80. The molecule has 0 fully saturated rings. The highest BCUT2D eigenvalue weighted by molar-refractivity contribution is 5.10. The molecule has 0 amide bonds. The van der Waals surface area contributed by atoms with Crippen LogP contribution < -0.4 is 0 Å². The third kappa shape index (κ3) is 2.11. The van der Waals surface area contributed by atoms with E-state index in [1.807, 2.05) is 13.8 Å². The molecular formula is C10H16O2. The molecule has 0 aromatic carbocycles. The first-order valence-corrected chi connectivity index (χ1v) is 4.25. The highest BCUT2D eigenvalue weighted by Gasteiger charge is 2.27. The van der Waals surface area contributed by atoms with Gasteiger partial charge < -0.3 is 9.47 Å². The summed E-state index contributed by atoms with van der Waals surface area (Å²) in [6.07, 6.45) is 4.83. The van der Waals surface area contributed by atoms with Crippen LogP contribution in [0.1, 0.15) is 20.3 Å². The predicted molar refractivity (Wildman–Crippen MR) is 48.9 cm³/mol. The van der Waals surface area contributed by atoms with Gasteiger partial charge in [-0.2, -0.15) is 0 Å². The largest absolute Gasteiger partial charge is 0.495 e. The third-order valence-corrected chi connectivity index (χ3v) is 1.86. The molecule has 0 N–H and O–H groups in total. The fourth-order valence-electron chi connectivity index (χ4n) is 1.18. The van der Waals surface area contributed by atoms with Gasteiger partial charge in [0.05, 0.1) is 13.2 Å². The molecule has 0 atom stereocenters. The molecule has 12 heavy (non-hydrogen) atoms. The van der Waals surface area contributed by atoms with E-state index >= 15 is 0 Å². The van der Waals surface area contributed by atoms with Crippen LogP contribution in [0.4, 0.5) is 0 Å². The van der Waals surface area contributed by atoms with Crippen molar-refractivity contribution in [1.29, 1.82) is 0 Å². The molecule has 68 valence electrons. The van der Waals surface area contributed by atoms with Crippen LogP contribution in [0.15, 0.2) is 24.5 Å². The summed E-state index contributed by atoms with van der Waals surface area (Å²) >= 11 is 0. The van der Waals surface area contributed by atoms with Crippen molar-refractivity contribution in [2.75, 3.05) is 13.2 Å². The van der Waals surface area contributed by atoms with Gasteiger partial charge in [-0.15, -0.1) is 6.58 Å². The summed E-state index contributed by atoms with van der Waals surface area (Å²) in [6.45, 7) is 8.97. The molecular weight excluding hydrogens is 152 g/mol. The monoisotopic (exact) mass is 168 g/mol. The zero-order chi connectivity index (χ0) is 9.03. The van der Waals surface area contributed by atoms with Gasteiger partial charge in [-0.05, 0) is 19.9 Å². The van der Waals surface area contributed by atoms with Gasteiger partial charge in [-0.3, -0.25) is 0 Å². The van der Waals surface area contributed by atoms with Crippen LogP contribution in [0.3, 0.4) is 0 Å². The molecule has 0 saturated carbocycles. The Morgan fingerprint density at radius 1 is 1.75 bits per heavy atom. The molecule has 0 saturated heterocycles. The van der Waals surface area contributed by atoms with Crippen molar-refractivity contribution in [1.82, 2.24) is 0 Å². The summed E-state index contributed by atoms with van der Waals surface area (Å²) in [7, 11) is 0. The van der Waals surface area contributed by atoms with E-state index in [-0.39, 0.29) is 5.60 Å². The quantitative estimate of drug-likeness (QED) is 0.599. The molecule has 1 rings (SSSR count). The Balaban J connectivity index is 2.50. The summed E-state index contributed by atoms with van der Waals surface area (Å²) in [4.78, 5) is 0. The molecule has 0 aromatic rings. The normalized spacial score (nSPS) is 17.0. The summed E-state index contributed by atoms with van der Waals surface area (Å²) in [5.74, 6) is 0.948. The summed E-state index contributed by atoms with van der Waals surface area (Å²) in [5.41, 5.74) is -0.301. The maximum Gasteiger partial charge on any atom is 0.123 e. The lowest BCUT2D eigenvalue weighted by Crippen LogP contribution is -2.27. The van der Waals surface area contributed by atoms with E-state index in [9.17, 15) is 0 Å². The molecule has 2 heteroatoms. The van der Waals surface area contributed by atoms with Gasteiger partial charge in [0.25, 0.3) is 0 Å². The zero-order valence-electron chi connectivity index (χ0n) is 7.80. The number of hydrogen-bond donors (Lipinski definition) is 0. The minimum absolute atomic E-state index is 0.301. The van der Waals surface area contributed by atoms with Crippen molar-refractivity contribution in [2.45, 2.75) is 25.9 Å². The molecule has 1 heterocycles. The third-order valence-electron chi connectivity index (χ3n) is 1.86. The van der Waals surface area contributed by atoms with Gasteiger partial charge in [0.15, 0.2) is 0 Å². The minimum atomic E-state index is -0.301. The Kier molecular flexibility index (Phi) is 2.93. The van der Waals surface area contributed by atoms with Gasteiger partial charge in [0, 0.05) is 6.42 Å². The van der Waals surface area contributed by atoms with Gasteiger partial charge in [-0.1, -0.05) is 6.08 Å². The predicted octanol–water partition coefficient (Wildman–Crippen LogP) is 2.27. The van der Waals surface area contributed by atoms with Crippen molar-refractivity contribution in [3.8, 4) is 0 Å². The molecule has 0 spiro atoms. The average Bonchev–Trinajstić information content (AvgIpc) is 2.53. The summed E-state index contributed by atoms with van der Waals surface area (Å²) in [6, 6.07) is 0.